The van der Waals surface area contributed by atoms with E-state index in [0.717, 1.165) is 6.42 Å². The van der Waals surface area contributed by atoms with E-state index in [0.29, 0.717) is 18.5 Å². The van der Waals surface area contributed by atoms with Crippen molar-refractivity contribution in [2.45, 2.75) is 33.3 Å². The first-order valence-electron chi connectivity index (χ1n) is 4.60. The Morgan fingerprint density at radius 1 is 1.46 bits per heavy atom. The molecule has 0 heterocycles. The Bertz CT molecular complexity index is 175. The molecule has 0 aromatic heterocycles. The van der Waals surface area contributed by atoms with Crippen molar-refractivity contribution in [1.82, 2.24) is 0 Å². The Labute approximate surface area is 86.1 Å². The Hall–Kier alpha value is 0.500. The zero-order chi connectivity index (χ0) is 10.3. The first-order chi connectivity index (χ1) is 6.08. The third-order valence-electron chi connectivity index (χ3n) is 1.68. The highest BCUT2D eigenvalue weighted by Crippen LogP contribution is 2.49. The molecule has 0 aromatic carbocycles. The lowest BCUT2D eigenvalue weighted by molar-refractivity contribution is 0.160. The molecule has 80 valence electrons. The van der Waals surface area contributed by atoms with Gasteiger partial charge in [-0.25, -0.2) is 0 Å². The van der Waals surface area contributed by atoms with E-state index < -0.39 is 7.60 Å². The van der Waals surface area contributed by atoms with E-state index in [-0.39, 0.29) is 6.10 Å². The van der Waals surface area contributed by atoms with E-state index in [9.17, 15) is 4.57 Å². The summed E-state index contributed by atoms with van der Waals surface area (Å²) in [5.74, 6) is 0.563. The van der Waals surface area contributed by atoms with E-state index in [2.05, 4.69) is 12.6 Å². The van der Waals surface area contributed by atoms with Gasteiger partial charge in [-0.05, 0) is 13.3 Å². The minimum Gasteiger partial charge on any atom is -0.308 e. The molecule has 2 unspecified atom stereocenters. The lowest BCUT2D eigenvalue weighted by Gasteiger charge is -2.20. The maximum atomic E-state index is 11.8. The summed E-state index contributed by atoms with van der Waals surface area (Å²) in [6, 6.07) is 0. The summed E-state index contributed by atoms with van der Waals surface area (Å²) < 4.78 is 22.3. The van der Waals surface area contributed by atoms with Crippen LogP contribution in [-0.2, 0) is 13.6 Å². The van der Waals surface area contributed by atoms with E-state index >= 15 is 0 Å². The SMILES string of the molecule is CCC(C)OP(=O)(CC)OCCS. The van der Waals surface area contributed by atoms with Gasteiger partial charge < -0.3 is 9.05 Å². The van der Waals surface area contributed by atoms with E-state index in [1.165, 1.54) is 0 Å². The highest BCUT2D eigenvalue weighted by Gasteiger charge is 2.23. The second-order valence-electron chi connectivity index (χ2n) is 2.81. The third kappa shape index (κ3) is 5.74. The monoisotopic (exact) mass is 226 g/mol. The van der Waals surface area contributed by atoms with Gasteiger partial charge in [0.15, 0.2) is 0 Å². The molecule has 0 amide bonds. The Kier molecular flexibility index (Phi) is 7.15. The predicted molar refractivity (Wildman–Crippen MR) is 58.8 cm³/mol. The van der Waals surface area contributed by atoms with Gasteiger partial charge in [0.2, 0.25) is 0 Å². The summed E-state index contributed by atoms with van der Waals surface area (Å²) in [5.41, 5.74) is 0. The molecule has 2 atom stereocenters. The number of thiol groups is 1. The van der Waals surface area contributed by atoms with Crippen LogP contribution in [0.2, 0.25) is 0 Å². The van der Waals surface area contributed by atoms with Crippen LogP contribution in [0, 0.1) is 0 Å². The maximum absolute atomic E-state index is 11.8. The van der Waals surface area contributed by atoms with Gasteiger partial charge in [0.1, 0.15) is 0 Å². The molecular formula is C8H19O3PS. The molecule has 0 aliphatic heterocycles. The van der Waals surface area contributed by atoms with E-state index in [1.807, 2.05) is 20.8 Å². The minimum atomic E-state index is -2.84. The number of hydrogen-bond acceptors (Lipinski definition) is 4. The highest BCUT2D eigenvalue weighted by atomic mass is 32.1. The Morgan fingerprint density at radius 2 is 2.08 bits per heavy atom. The molecule has 0 saturated heterocycles. The Morgan fingerprint density at radius 3 is 2.46 bits per heavy atom. The lowest BCUT2D eigenvalue weighted by atomic mass is 10.3. The van der Waals surface area contributed by atoms with Crippen molar-refractivity contribution in [3.05, 3.63) is 0 Å². The standard InChI is InChI=1S/C8H19O3PS/c1-4-8(3)11-12(9,5-2)10-6-7-13/h8,13H,4-7H2,1-3H3. The van der Waals surface area contributed by atoms with Crippen molar-refractivity contribution in [3.63, 3.8) is 0 Å². The molecule has 0 aromatic rings. The summed E-state index contributed by atoms with van der Waals surface area (Å²) in [7, 11) is -2.84. The molecule has 0 bridgehead atoms. The van der Waals surface area contributed by atoms with Gasteiger partial charge in [0.05, 0.1) is 12.7 Å². The largest absolute Gasteiger partial charge is 0.330 e. The molecule has 3 nitrogen and oxygen atoms in total. The van der Waals surface area contributed by atoms with Crippen LogP contribution in [0.25, 0.3) is 0 Å². The second kappa shape index (κ2) is 6.88. The first-order valence-corrected chi connectivity index (χ1v) is 6.96. The summed E-state index contributed by atoms with van der Waals surface area (Å²) in [4.78, 5) is 0. The number of rotatable bonds is 7. The summed E-state index contributed by atoms with van der Waals surface area (Å²) in [6.07, 6.45) is 1.25. The molecule has 0 aliphatic carbocycles. The van der Waals surface area contributed by atoms with E-state index in [1.54, 1.807) is 0 Å². The van der Waals surface area contributed by atoms with Crippen LogP contribution < -0.4 is 0 Å². The van der Waals surface area contributed by atoms with Gasteiger partial charge in [-0.3, -0.25) is 4.57 Å². The van der Waals surface area contributed by atoms with Gasteiger partial charge in [-0.1, -0.05) is 13.8 Å². The molecule has 0 rings (SSSR count). The molecule has 13 heavy (non-hydrogen) atoms. The molecule has 0 spiro atoms. The van der Waals surface area contributed by atoms with Crippen LogP contribution in [0.15, 0.2) is 0 Å². The van der Waals surface area contributed by atoms with Crippen molar-refractivity contribution in [3.8, 4) is 0 Å². The molecule has 0 saturated carbocycles. The van der Waals surface area contributed by atoms with Crippen molar-refractivity contribution >= 4 is 20.2 Å². The van der Waals surface area contributed by atoms with Crippen molar-refractivity contribution in [1.29, 1.82) is 0 Å². The van der Waals surface area contributed by atoms with Gasteiger partial charge >= 0.3 is 7.60 Å². The fraction of sp³-hybridized carbons (Fsp3) is 1.00. The zero-order valence-electron chi connectivity index (χ0n) is 8.52. The van der Waals surface area contributed by atoms with Crippen LogP contribution in [0.1, 0.15) is 27.2 Å². The zero-order valence-corrected chi connectivity index (χ0v) is 10.3. The van der Waals surface area contributed by atoms with E-state index in [4.69, 9.17) is 9.05 Å². The maximum Gasteiger partial charge on any atom is 0.330 e. The highest BCUT2D eigenvalue weighted by molar-refractivity contribution is 7.80. The average Bonchev–Trinajstić information content (AvgIpc) is 2.14. The predicted octanol–water partition coefficient (Wildman–Crippen LogP) is 2.96. The summed E-state index contributed by atoms with van der Waals surface area (Å²) >= 11 is 3.98. The molecule has 0 fully saturated rings. The van der Waals surface area contributed by atoms with Gasteiger partial charge in [0, 0.05) is 11.9 Å². The number of hydrogen-bond donors (Lipinski definition) is 1. The van der Waals surface area contributed by atoms with Gasteiger partial charge in [-0.15, -0.1) is 0 Å². The van der Waals surface area contributed by atoms with Crippen molar-refractivity contribution in [2.24, 2.45) is 0 Å². The molecule has 0 aliphatic rings. The van der Waals surface area contributed by atoms with Gasteiger partial charge in [-0.2, -0.15) is 12.6 Å². The molecule has 0 N–H and O–H groups in total. The van der Waals surface area contributed by atoms with Crippen LogP contribution in [0.4, 0.5) is 0 Å². The fourth-order valence-corrected chi connectivity index (χ4v) is 2.42. The lowest BCUT2D eigenvalue weighted by Crippen LogP contribution is -2.08. The fourth-order valence-electron chi connectivity index (χ4n) is 0.725. The summed E-state index contributed by atoms with van der Waals surface area (Å²) in [5, 5.41) is 0. The minimum absolute atomic E-state index is 0.00861. The van der Waals surface area contributed by atoms with Crippen LogP contribution in [0.3, 0.4) is 0 Å². The van der Waals surface area contributed by atoms with Crippen LogP contribution >= 0.6 is 20.2 Å². The van der Waals surface area contributed by atoms with Crippen molar-refractivity contribution < 1.29 is 13.6 Å². The normalized spacial score (nSPS) is 18.2. The smallest absolute Gasteiger partial charge is 0.308 e. The van der Waals surface area contributed by atoms with Crippen LogP contribution in [0.5, 0.6) is 0 Å². The third-order valence-corrected chi connectivity index (χ3v) is 3.90. The molecular weight excluding hydrogens is 207 g/mol. The average molecular weight is 226 g/mol. The second-order valence-corrected chi connectivity index (χ2v) is 5.58. The van der Waals surface area contributed by atoms with Crippen LogP contribution in [-0.4, -0.2) is 24.6 Å². The summed E-state index contributed by atoms with van der Waals surface area (Å²) in [6.45, 7) is 6.07. The first kappa shape index (κ1) is 13.5. The van der Waals surface area contributed by atoms with Crippen molar-refractivity contribution in [2.75, 3.05) is 18.5 Å². The quantitative estimate of drug-likeness (QED) is 0.535. The molecule has 0 radical (unpaired) electrons. The topological polar surface area (TPSA) is 35.5 Å². The Balaban J connectivity index is 4.03. The van der Waals surface area contributed by atoms with Gasteiger partial charge in [0.25, 0.3) is 0 Å². The molecule has 5 heteroatoms.